The first-order valence-electron chi connectivity index (χ1n) is 5.68. The summed E-state index contributed by atoms with van der Waals surface area (Å²) in [6.07, 6.45) is 6.58. The number of benzene rings is 1. The van der Waals surface area contributed by atoms with Crippen LogP contribution in [-0.2, 0) is 0 Å². The molecule has 1 aromatic carbocycles. The number of terminal acetylenes is 1. The molecule has 0 aromatic heterocycles. The molecule has 1 N–H and O–H groups in total. The molecule has 3 nitrogen and oxygen atoms in total. The molecule has 0 saturated heterocycles. The number of methoxy groups -OCH3 is 2. The lowest BCUT2D eigenvalue weighted by Crippen LogP contribution is -2.21. The average molecular weight is 233 g/mol. The molecule has 1 aromatic rings. The standard InChI is InChI=1S/C14H19NO2/c1-5-9-15-13(6-2)12-8-7-11(16-3)10-14(12)17-4/h2,7-8,10,13,15H,5,9H2,1,3-4H3. The van der Waals surface area contributed by atoms with Gasteiger partial charge in [-0.05, 0) is 25.1 Å². The summed E-state index contributed by atoms with van der Waals surface area (Å²) in [5, 5.41) is 3.29. The van der Waals surface area contributed by atoms with Crippen LogP contribution in [-0.4, -0.2) is 20.8 Å². The molecule has 0 amide bonds. The molecular weight excluding hydrogens is 214 g/mol. The van der Waals surface area contributed by atoms with Crippen LogP contribution < -0.4 is 14.8 Å². The number of rotatable bonds is 6. The monoisotopic (exact) mass is 233 g/mol. The van der Waals surface area contributed by atoms with Crippen LogP contribution in [0.5, 0.6) is 11.5 Å². The van der Waals surface area contributed by atoms with Gasteiger partial charge in [0.15, 0.2) is 0 Å². The summed E-state index contributed by atoms with van der Waals surface area (Å²) in [6, 6.07) is 5.53. The second-order valence-electron chi connectivity index (χ2n) is 3.66. The van der Waals surface area contributed by atoms with E-state index in [9.17, 15) is 0 Å². The first kappa shape index (κ1) is 13.4. The Morgan fingerprint density at radius 2 is 2.12 bits per heavy atom. The van der Waals surface area contributed by atoms with Gasteiger partial charge in [-0.25, -0.2) is 0 Å². The van der Waals surface area contributed by atoms with Crippen molar-refractivity contribution >= 4 is 0 Å². The van der Waals surface area contributed by atoms with E-state index in [0.717, 1.165) is 30.0 Å². The number of hydrogen-bond acceptors (Lipinski definition) is 3. The van der Waals surface area contributed by atoms with Crippen molar-refractivity contribution in [1.29, 1.82) is 0 Å². The maximum Gasteiger partial charge on any atom is 0.128 e. The minimum Gasteiger partial charge on any atom is -0.497 e. The first-order valence-corrected chi connectivity index (χ1v) is 5.68. The van der Waals surface area contributed by atoms with Gasteiger partial charge in [0.2, 0.25) is 0 Å². The minimum absolute atomic E-state index is 0.129. The predicted molar refractivity (Wildman–Crippen MR) is 69.4 cm³/mol. The van der Waals surface area contributed by atoms with E-state index in [2.05, 4.69) is 18.2 Å². The smallest absolute Gasteiger partial charge is 0.128 e. The van der Waals surface area contributed by atoms with Gasteiger partial charge in [0.05, 0.1) is 20.3 Å². The van der Waals surface area contributed by atoms with Crippen LogP contribution in [0.3, 0.4) is 0 Å². The van der Waals surface area contributed by atoms with Crippen LogP contribution in [0.2, 0.25) is 0 Å². The molecule has 92 valence electrons. The van der Waals surface area contributed by atoms with Crippen LogP contribution in [0.25, 0.3) is 0 Å². The Balaban J connectivity index is 2.98. The van der Waals surface area contributed by atoms with Crippen molar-refractivity contribution in [3.8, 4) is 23.8 Å². The third kappa shape index (κ3) is 3.40. The van der Waals surface area contributed by atoms with Gasteiger partial charge in [0.1, 0.15) is 11.5 Å². The molecule has 0 aliphatic carbocycles. The Hall–Kier alpha value is -1.66. The van der Waals surface area contributed by atoms with Crippen molar-refractivity contribution in [3.63, 3.8) is 0 Å². The van der Waals surface area contributed by atoms with Crippen LogP contribution in [0.4, 0.5) is 0 Å². The highest BCUT2D eigenvalue weighted by Gasteiger charge is 2.13. The second-order valence-corrected chi connectivity index (χ2v) is 3.66. The van der Waals surface area contributed by atoms with Crippen molar-refractivity contribution < 1.29 is 9.47 Å². The quantitative estimate of drug-likeness (QED) is 0.765. The highest BCUT2D eigenvalue weighted by Crippen LogP contribution is 2.29. The van der Waals surface area contributed by atoms with Crippen LogP contribution in [0.1, 0.15) is 24.9 Å². The van der Waals surface area contributed by atoms with Gasteiger partial charge < -0.3 is 9.47 Å². The number of ether oxygens (including phenoxy) is 2. The first-order chi connectivity index (χ1) is 8.26. The van der Waals surface area contributed by atoms with E-state index in [0.29, 0.717) is 0 Å². The summed E-state index contributed by atoms with van der Waals surface area (Å²) in [4.78, 5) is 0. The third-order valence-corrected chi connectivity index (χ3v) is 2.52. The molecule has 17 heavy (non-hydrogen) atoms. The normalized spacial score (nSPS) is 11.6. The van der Waals surface area contributed by atoms with Crippen molar-refractivity contribution in [1.82, 2.24) is 5.32 Å². The van der Waals surface area contributed by atoms with Gasteiger partial charge in [0.25, 0.3) is 0 Å². The van der Waals surface area contributed by atoms with E-state index in [1.54, 1.807) is 14.2 Å². The zero-order valence-corrected chi connectivity index (χ0v) is 10.6. The Morgan fingerprint density at radius 1 is 1.35 bits per heavy atom. The molecule has 0 bridgehead atoms. The second kappa shape index (κ2) is 6.82. The van der Waals surface area contributed by atoms with E-state index in [4.69, 9.17) is 15.9 Å². The molecule has 0 aliphatic rings. The fourth-order valence-electron chi connectivity index (χ4n) is 1.60. The van der Waals surface area contributed by atoms with E-state index in [-0.39, 0.29) is 6.04 Å². The van der Waals surface area contributed by atoms with E-state index in [1.807, 2.05) is 18.2 Å². The predicted octanol–water partition coefficient (Wildman–Crippen LogP) is 2.38. The van der Waals surface area contributed by atoms with Gasteiger partial charge in [-0.3, -0.25) is 5.32 Å². The SMILES string of the molecule is C#CC(NCCC)c1ccc(OC)cc1OC. The summed E-state index contributed by atoms with van der Waals surface area (Å²) in [5.41, 5.74) is 0.962. The number of hydrogen-bond donors (Lipinski definition) is 1. The molecule has 1 atom stereocenters. The summed E-state index contributed by atoms with van der Waals surface area (Å²) in [6.45, 7) is 2.98. The molecule has 0 aliphatic heterocycles. The summed E-state index contributed by atoms with van der Waals surface area (Å²) in [7, 11) is 3.26. The van der Waals surface area contributed by atoms with E-state index >= 15 is 0 Å². The van der Waals surface area contributed by atoms with Crippen LogP contribution >= 0.6 is 0 Å². The van der Waals surface area contributed by atoms with Gasteiger partial charge in [-0.1, -0.05) is 12.8 Å². The Morgan fingerprint density at radius 3 is 2.65 bits per heavy atom. The van der Waals surface area contributed by atoms with Gasteiger partial charge in [-0.2, -0.15) is 0 Å². The maximum absolute atomic E-state index is 5.54. The molecule has 0 spiro atoms. The Bertz CT molecular complexity index is 396. The maximum atomic E-state index is 5.54. The van der Waals surface area contributed by atoms with Gasteiger partial charge in [0, 0.05) is 11.6 Å². The highest BCUT2D eigenvalue weighted by atomic mass is 16.5. The molecule has 3 heteroatoms. The average Bonchev–Trinajstić information content (AvgIpc) is 2.39. The highest BCUT2D eigenvalue weighted by molar-refractivity contribution is 5.44. The Labute approximate surface area is 103 Å². The summed E-state index contributed by atoms with van der Waals surface area (Å²) in [5.74, 6) is 4.24. The molecule has 1 unspecified atom stereocenters. The van der Waals surface area contributed by atoms with E-state index < -0.39 is 0 Å². The molecule has 0 saturated carbocycles. The third-order valence-electron chi connectivity index (χ3n) is 2.52. The molecule has 0 radical (unpaired) electrons. The van der Waals surface area contributed by atoms with Crippen molar-refractivity contribution in [2.45, 2.75) is 19.4 Å². The number of nitrogens with one attached hydrogen (secondary N) is 1. The molecule has 0 fully saturated rings. The largest absolute Gasteiger partial charge is 0.497 e. The lowest BCUT2D eigenvalue weighted by Gasteiger charge is -2.16. The Kier molecular flexibility index (Phi) is 5.38. The fraction of sp³-hybridized carbons (Fsp3) is 0.429. The minimum atomic E-state index is -0.129. The van der Waals surface area contributed by atoms with Gasteiger partial charge in [-0.15, -0.1) is 6.42 Å². The lowest BCUT2D eigenvalue weighted by atomic mass is 10.1. The van der Waals surface area contributed by atoms with Gasteiger partial charge >= 0.3 is 0 Å². The van der Waals surface area contributed by atoms with Crippen LogP contribution in [0, 0.1) is 12.3 Å². The van der Waals surface area contributed by atoms with E-state index in [1.165, 1.54) is 0 Å². The fourth-order valence-corrected chi connectivity index (χ4v) is 1.60. The molecule has 0 heterocycles. The molecule has 1 rings (SSSR count). The summed E-state index contributed by atoms with van der Waals surface area (Å²) >= 11 is 0. The van der Waals surface area contributed by atoms with Crippen molar-refractivity contribution in [2.24, 2.45) is 0 Å². The van der Waals surface area contributed by atoms with Crippen molar-refractivity contribution in [3.05, 3.63) is 23.8 Å². The zero-order chi connectivity index (χ0) is 12.7. The summed E-state index contributed by atoms with van der Waals surface area (Å²) < 4.78 is 10.5. The molecular formula is C14H19NO2. The van der Waals surface area contributed by atoms with Crippen LogP contribution in [0.15, 0.2) is 18.2 Å². The van der Waals surface area contributed by atoms with Crippen molar-refractivity contribution in [2.75, 3.05) is 20.8 Å². The lowest BCUT2D eigenvalue weighted by molar-refractivity contribution is 0.388. The zero-order valence-electron chi connectivity index (χ0n) is 10.6. The topological polar surface area (TPSA) is 30.5 Å².